The van der Waals surface area contributed by atoms with Crippen molar-refractivity contribution in [3.63, 3.8) is 0 Å². The lowest BCUT2D eigenvalue weighted by Crippen LogP contribution is -2.16. The van der Waals surface area contributed by atoms with Crippen LogP contribution in [0.5, 0.6) is 0 Å². The Hall–Kier alpha value is -2.94. The van der Waals surface area contributed by atoms with Gasteiger partial charge in [0.25, 0.3) is 0 Å². The summed E-state index contributed by atoms with van der Waals surface area (Å²) in [4.78, 5) is 20.5. The van der Waals surface area contributed by atoms with Crippen LogP contribution >= 0.6 is 11.8 Å². The summed E-state index contributed by atoms with van der Waals surface area (Å²) in [6, 6.07) is 7.13. The van der Waals surface area contributed by atoms with Crippen LogP contribution in [-0.2, 0) is 17.9 Å². The van der Waals surface area contributed by atoms with Crippen LogP contribution in [0.2, 0.25) is 0 Å². The molecule has 0 aliphatic heterocycles. The number of nitrogens with zero attached hydrogens (tertiary/aromatic N) is 3. The zero-order valence-electron chi connectivity index (χ0n) is 16.9. The highest BCUT2D eigenvalue weighted by atomic mass is 32.2. The van der Waals surface area contributed by atoms with Crippen LogP contribution in [0, 0.1) is 18.6 Å². The third-order valence-corrected chi connectivity index (χ3v) is 5.51. The Labute approximate surface area is 177 Å². The number of hydrogen-bond acceptors (Lipinski definition) is 5. The van der Waals surface area contributed by atoms with Gasteiger partial charge in [0, 0.05) is 22.9 Å². The van der Waals surface area contributed by atoms with E-state index in [0.29, 0.717) is 22.3 Å². The van der Waals surface area contributed by atoms with E-state index < -0.39 is 17.7 Å². The summed E-state index contributed by atoms with van der Waals surface area (Å²) in [5.74, 6) is -0.806. The fourth-order valence-corrected chi connectivity index (χ4v) is 4.18. The summed E-state index contributed by atoms with van der Waals surface area (Å²) in [6.07, 6.45) is 0.795. The molecule has 158 valence electrons. The fraction of sp³-hybridized carbons (Fsp3) is 0.286. The second-order valence-electron chi connectivity index (χ2n) is 7.02. The van der Waals surface area contributed by atoms with E-state index in [9.17, 15) is 13.6 Å². The van der Waals surface area contributed by atoms with Gasteiger partial charge in [-0.3, -0.25) is 4.98 Å². The van der Waals surface area contributed by atoms with Crippen molar-refractivity contribution in [1.29, 1.82) is 0 Å². The van der Waals surface area contributed by atoms with E-state index in [2.05, 4.69) is 9.97 Å². The number of primary amides is 1. The first-order valence-corrected chi connectivity index (χ1v) is 10.1. The van der Waals surface area contributed by atoms with Gasteiger partial charge in [0.05, 0.1) is 12.2 Å². The van der Waals surface area contributed by atoms with Gasteiger partial charge in [-0.1, -0.05) is 31.7 Å². The molecule has 0 fully saturated rings. The van der Waals surface area contributed by atoms with E-state index in [0.717, 1.165) is 23.0 Å². The molecule has 0 aliphatic carbocycles. The van der Waals surface area contributed by atoms with Crippen LogP contribution < -0.4 is 5.73 Å². The summed E-state index contributed by atoms with van der Waals surface area (Å²) in [5, 5.41) is 0.710. The van der Waals surface area contributed by atoms with Gasteiger partial charge in [-0.2, -0.15) is 0 Å². The maximum absolute atomic E-state index is 13.7. The van der Waals surface area contributed by atoms with Crippen molar-refractivity contribution in [1.82, 2.24) is 14.5 Å². The molecule has 6 nitrogen and oxygen atoms in total. The summed E-state index contributed by atoms with van der Waals surface area (Å²) < 4.78 is 34.4. The molecule has 1 aromatic carbocycles. The number of imidazole rings is 1. The number of nitrogens with two attached hydrogens (primary N) is 1. The third kappa shape index (κ3) is 5.15. The molecule has 0 unspecified atom stereocenters. The zero-order chi connectivity index (χ0) is 21.8. The van der Waals surface area contributed by atoms with Crippen LogP contribution in [0.4, 0.5) is 13.6 Å². The van der Waals surface area contributed by atoms with E-state index in [4.69, 9.17) is 10.5 Å². The SMILES string of the molecule is Cc1ncccc1Cn1c(COC(N)=O)nc(C(C)C)c1Sc1cc(F)cc(F)c1. The van der Waals surface area contributed by atoms with Gasteiger partial charge in [-0.25, -0.2) is 18.6 Å². The Morgan fingerprint density at radius 3 is 2.57 bits per heavy atom. The van der Waals surface area contributed by atoms with Crippen LogP contribution in [0.3, 0.4) is 0 Å². The minimum absolute atomic E-state index is 0.0227. The molecule has 0 radical (unpaired) electrons. The second-order valence-corrected chi connectivity index (χ2v) is 8.08. The van der Waals surface area contributed by atoms with Crippen molar-refractivity contribution in [2.75, 3.05) is 0 Å². The minimum Gasteiger partial charge on any atom is -0.442 e. The van der Waals surface area contributed by atoms with E-state index in [1.165, 1.54) is 23.9 Å². The molecule has 2 heterocycles. The molecule has 3 aromatic rings. The number of halogens is 2. The van der Waals surface area contributed by atoms with Crippen molar-refractivity contribution in [2.45, 2.75) is 49.8 Å². The van der Waals surface area contributed by atoms with E-state index in [-0.39, 0.29) is 12.5 Å². The first-order valence-electron chi connectivity index (χ1n) is 9.30. The molecule has 1 amide bonds. The van der Waals surface area contributed by atoms with Crippen molar-refractivity contribution >= 4 is 17.9 Å². The van der Waals surface area contributed by atoms with Gasteiger partial charge in [0.1, 0.15) is 22.5 Å². The van der Waals surface area contributed by atoms with Crippen molar-refractivity contribution in [3.8, 4) is 0 Å². The second kappa shape index (κ2) is 9.25. The summed E-state index contributed by atoms with van der Waals surface area (Å²) in [5.41, 5.74) is 7.64. The standard InChI is InChI=1S/C21H22F2N4O2S/c1-12(2)19-20(30-17-8-15(22)7-16(23)9-17)27(18(26-19)11-29-21(24)28)10-14-5-4-6-25-13(14)3/h4-9,12H,10-11H2,1-3H3,(H2,24,28). The van der Waals surface area contributed by atoms with Gasteiger partial charge in [0.2, 0.25) is 0 Å². The summed E-state index contributed by atoms with van der Waals surface area (Å²) >= 11 is 1.21. The van der Waals surface area contributed by atoms with Crippen LogP contribution in [0.25, 0.3) is 0 Å². The lowest BCUT2D eigenvalue weighted by Gasteiger charge is -2.14. The topological polar surface area (TPSA) is 83.0 Å². The number of benzene rings is 1. The first kappa shape index (κ1) is 21.8. The molecule has 2 N–H and O–H groups in total. The van der Waals surface area contributed by atoms with Crippen LogP contribution in [0.15, 0.2) is 46.5 Å². The zero-order valence-corrected chi connectivity index (χ0v) is 17.7. The van der Waals surface area contributed by atoms with Crippen molar-refractivity contribution in [3.05, 3.63) is 70.9 Å². The maximum atomic E-state index is 13.7. The molecular formula is C21H22F2N4O2S. The van der Waals surface area contributed by atoms with E-state index in [1.54, 1.807) is 6.20 Å². The number of carbonyl (C=O) groups is 1. The molecule has 0 atom stereocenters. The number of carbonyl (C=O) groups excluding carboxylic acids is 1. The maximum Gasteiger partial charge on any atom is 0.404 e. The number of rotatable bonds is 7. The van der Waals surface area contributed by atoms with Gasteiger partial charge >= 0.3 is 6.09 Å². The normalized spacial score (nSPS) is 11.1. The molecule has 0 saturated carbocycles. The Morgan fingerprint density at radius 1 is 1.27 bits per heavy atom. The smallest absolute Gasteiger partial charge is 0.404 e. The molecule has 0 saturated heterocycles. The van der Waals surface area contributed by atoms with Crippen LogP contribution in [-0.4, -0.2) is 20.6 Å². The lowest BCUT2D eigenvalue weighted by atomic mass is 10.1. The Balaban J connectivity index is 2.11. The summed E-state index contributed by atoms with van der Waals surface area (Å²) in [6.45, 7) is 6.11. The van der Waals surface area contributed by atoms with Crippen LogP contribution in [0.1, 0.15) is 42.5 Å². The third-order valence-electron chi connectivity index (χ3n) is 4.41. The predicted octanol–water partition coefficient (Wildman–Crippen LogP) is 4.78. The highest BCUT2D eigenvalue weighted by molar-refractivity contribution is 7.99. The molecule has 0 bridgehead atoms. The minimum atomic E-state index is -0.908. The van der Waals surface area contributed by atoms with Gasteiger partial charge < -0.3 is 15.0 Å². The largest absolute Gasteiger partial charge is 0.442 e. The van der Waals surface area contributed by atoms with Crippen molar-refractivity contribution < 1.29 is 18.3 Å². The molecule has 30 heavy (non-hydrogen) atoms. The Bertz CT molecular complexity index is 1050. The fourth-order valence-electron chi connectivity index (χ4n) is 2.95. The molecule has 2 aromatic heterocycles. The van der Waals surface area contributed by atoms with Gasteiger partial charge in [-0.05, 0) is 36.6 Å². The average molecular weight is 432 g/mol. The van der Waals surface area contributed by atoms with Crippen molar-refractivity contribution in [2.24, 2.45) is 5.73 Å². The molecular weight excluding hydrogens is 410 g/mol. The number of amides is 1. The van der Waals surface area contributed by atoms with Gasteiger partial charge in [-0.15, -0.1) is 0 Å². The monoisotopic (exact) mass is 432 g/mol. The average Bonchev–Trinajstić information content (AvgIpc) is 2.98. The number of aromatic nitrogens is 3. The number of aryl methyl sites for hydroxylation is 1. The highest BCUT2D eigenvalue weighted by Crippen LogP contribution is 2.36. The Kier molecular flexibility index (Phi) is 6.71. The number of pyridine rings is 1. The molecule has 3 rings (SSSR count). The molecule has 0 spiro atoms. The molecule has 0 aliphatic rings. The quantitative estimate of drug-likeness (QED) is 0.581. The first-order chi connectivity index (χ1) is 14.2. The number of ether oxygens (including phenoxy) is 1. The highest BCUT2D eigenvalue weighted by Gasteiger charge is 2.22. The van der Waals surface area contributed by atoms with E-state index >= 15 is 0 Å². The van der Waals surface area contributed by atoms with Gasteiger partial charge in [0.15, 0.2) is 6.61 Å². The molecule has 9 heteroatoms. The van der Waals surface area contributed by atoms with E-state index in [1.807, 2.05) is 37.5 Å². The Morgan fingerprint density at radius 2 is 1.97 bits per heavy atom. The lowest BCUT2D eigenvalue weighted by molar-refractivity contribution is 0.145. The summed E-state index contributed by atoms with van der Waals surface area (Å²) in [7, 11) is 0. The predicted molar refractivity (Wildman–Crippen MR) is 109 cm³/mol. The number of hydrogen-bond donors (Lipinski definition) is 1.